The van der Waals surface area contributed by atoms with E-state index in [9.17, 15) is 0 Å². The molecule has 0 amide bonds. The van der Waals surface area contributed by atoms with Gasteiger partial charge in [0.2, 0.25) is 0 Å². The number of benzene rings is 3. The van der Waals surface area contributed by atoms with Crippen LogP contribution in [0.5, 0.6) is 0 Å². The summed E-state index contributed by atoms with van der Waals surface area (Å²) in [7, 11) is 0. The maximum Gasteiger partial charge on any atom is 0.136 e. The minimum absolute atomic E-state index is 0.917. The highest BCUT2D eigenvalue weighted by Gasteiger charge is 2.26. The summed E-state index contributed by atoms with van der Waals surface area (Å²) in [5.74, 6) is 1.12. The molecule has 0 N–H and O–H groups in total. The van der Waals surface area contributed by atoms with Gasteiger partial charge < -0.3 is 4.90 Å². The molecule has 0 saturated heterocycles. The third-order valence-electron chi connectivity index (χ3n) is 5.13. The molecule has 2 aliphatic heterocycles. The lowest BCUT2D eigenvalue weighted by atomic mass is 9.95. The van der Waals surface area contributed by atoms with E-state index in [0.29, 0.717) is 0 Å². The van der Waals surface area contributed by atoms with Crippen LogP contribution in [0.1, 0.15) is 23.1 Å². The molecule has 2 aliphatic rings. The fraction of sp³-hybridized carbons (Fsp3) is 0.125. The van der Waals surface area contributed by atoms with Gasteiger partial charge >= 0.3 is 0 Å². The van der Waals surface area contributed by atoms with E-state index in [-0.39, 0.29) is 0 Å². The monoisotopic (exact) mass is 336 g/mol. The molecule has 3 aromatic carbocycles. The number of amidine groups is 1. The lowest BCUT2D eigenvalue weighted by Crippen LogP contribution is -2.37. The van der Waals surface area contributed by atoms with Crippen molar-refractivity contribution in [3.05, 3.63) is 95.6 Å². The van der Waals surface area contributed by atoms with Crippen LogP contribution in [-0.2, 0) is 0 Å². The summed E-state index contributed by atoms with van der Waals surface area (Å²) >= 11 is 0. The summed E-state index contributed by atoms with van der Waals surface area (Å²) in [4.78, 5) is 7.21. The Bertz CT molecular complexity index is 998. The van der Waals surface area contributed by atoms with Crippen LogP contribution in [0.2, 0.25) is 0 Å². The summed E-state index contributed by atoms with van der Waals surface area (Å²) in [6, 6.07) is 28.0. The molecule has 0 unspecified atom stereocenters. The highest BCUT2D eigenvalue weighted by atomic mass is 15.2. The number of hydrogen-bond donors (Lipinski definition) is 0. The standard InChI is InChI=1S/C24H20N2/c1-2-7-18(8-3-1)19-11-13-20(14-12-19)23-17-21-9-4-5-10-22(21)24-25-15-6-16-26(23)24/h1-5,7-14,17H,6,15-16H2. The van der Waals surface area contributed by atoms with Crippen LogP contribution >= 0.6 is 0 Å². The second kappa shape index (κ2) is 6.30. The topological polar surface area (TPSA) is 15.6 Å². The molecule has 3 aromatic rings. The fourth-order valence-corrected chi connectivity index (χ4v) is 3.83. The van der Waals surface area contributed by atoms with Gasteiger partial charge in [-0.1, -0.05) is 78.9 Å². The zero-order valence-corrected chi connectivity index (χ0v) is 14.6. The van der Waals surface area contributed by atoms with Crippen molar-refractivity contribution < 1.29 is 0 Å². The molecule has 0 saturated carbocycles. The lowest BCUT2D eigenvalue weighted by molar-refractivity contribution is 0.528. The molecule has 0 aliphatic carbocycles. The van der Waals surface area contributed by atoms with E-state index in [4.69, 9.17) is 4.99 Å². The van der Waals surface area contributed by atoms with Crippen LogP contribution in [0.3, 0.4) is 0 Å². The molecular weight excluding hydrogens is 316 g/mol. The molecule has 0 atom stereocenters. The van der Waals surface area contributed by atoms with Crippen LogP contribution < -0.4 is 0 Å². The van der Waals surface area contributed by atoms with Crippen LogP contribution in [0.15, 0.2) is 83.9 Å². The van der Waals surface area contributed by atoms with Gasteiger partial charge in [0.05, 0.1) is 5.70 Å². The van der Waals surface area contributed by atoms with Crippen molar-refractivity contribution in [3.8, 4) is 11.1 Å². The summed E-state index contributed by atoms with van der Waals surface area (Å²) < 4.78 is 0. The minimum Gasteiger partial charge on any atom is -0.326 e. The summed E-state index contributed by atoms with van der Waals surface area (Å²) in [5, 5.41) is 0. The van der Waals surface area contributed by atoms with Crippen LogP contribution in [0.25, 0.3) is 22.9 Å². The number of aliphatic imine (C=N–C) groups is 1. The number of hydrogen-bond acceptors (Lipinski definition) is 2. The van der Waals surface area contributed by atoms with Crippen molar-refractivity contribution >= 4 is 17.6 Å². The van der Waals surface area contributed by atoms with Crippen LogP contribution in [0, 0.1) is 0 Å². The molecular formula is C24H20N2. The summed E-state index contributed by atoms with van der Waals surface area (Å²) in [6.45, 7) is 1.94. The smallest absolute Gasteiger partial charge is 0.136 e. The molecule has 5 rings (SSSR count). The first-order chi connectivity index (χ1) is 12.9. The molecule has 0 aromatic heterocycles. The first kappa shape index (κ1) is 15.2. The van der Waals surface area contributed by atoms with E-state index < -0.39 is 0 Å². The van der Waals surface area contributed by atoms with Crippen molar-refractivity contribution in [2.24, 2.45) is 4.99 Å². The largest absolute Gasteiger partial charge is 0.326 e. The molecule has 2 heteroatoms. The molecule has 26 heavy (non-hydrogen) atoms. The zero-order valence-electron chi connectivity index (χ0n) is 14.6. The van der Waals surface area contributed by atoms with Gasteiger partial charge in [0.1, 0.15) is 5.84 Å². The first-order valence-corrected chi connectivity index (χ1v) is 9.19. The van der Waals surface area contributed by atoms with Gasteiger partial charge in [-0.25, -0.2) is 0 Å². The normalized spacial score (nSPS) is 15.6. The number of rotatable bonds is 2. The second-order valence-corrected chi connectivity index (χ2v) is 6.77. The molecule has 126 valence electrons. The molecule has 0 bridgehead atoms. The average molecular weight is 336 g/mol. The number of nitrogens with zero attached hydrogens (tertiary/aromatic N) is 2. The Morgan fingerprint density at radius 3 is 2.23 bits per heavy atom. The predicted molar refractivity (Wildman–Crippen MR) is 109 cm³/mol. The predicted octanol–water partition coefficient (Wildman–Crippen LogP) is 5.32. The van der Waals surface area contributed by atoms with E-state index in [0.717, 1.165) is 25.3 Å². The van der Waals surface area contributed by atoms with Crippen molar-refractivity contribution in [3.63, 3.8) is 0 Å². The molecule has 0 spiro atoms. The van der Waals surface area contributed by atoms with E-state index in [1.54, 1.807) is 0 Å². The Kier molecular flexibility index (Phi) is 3.67. The SMILES string of the molecule is C1=C(c2ccc(-c3ccccc3)cc2)N2CCCN=C2c2ccccc21. The van der Waals surface area contributed by atoms with Gasteiger partial charge in [0.25, 0.3) is 0 Å². The van der Waals surface area contributed by atoms with Crippen molar-refractivity contribution in [2.75, 3.05) is 13.1 Å². The van der Waals surface area contributed by atoms with Gasteiger partial charge in [-0.15, -0.1) is 0 Å². The van der Waals surface area contributed by atoms with E-state index in [1.165, 1.54) is 33.5 Å². The Hall–Kier alpha value is -3.13. The summed E-state index contributed by atoms with van der Waals surface area (Å²) in [6.07, 6.45) is 3.41. The molecule has 2 heterocycles. The average Bonchev–Trinajstić information content (AvgIpc) is 2.74. The zero-order chi connectivity index (χ0) is 17.3. The summed E-state index contributed by atoms with van der Waals surface area (Å²) in [5.41, 5.74) is 7.50. The van der Waals surface area contributed by atoms with Crippen molar-refractivity contribution in [2.45, 2.75) is 6.42 Å². The van der Waals surface area contributed by atoms with E-state index >= 15 is 0 Å². The fourth-order valence-electron chi connectivity index (χ4n) is 3.83. The Balaban J connectivity index is 1.58. The third kappa shape index (κ3) is 2.55. The lowest BCUT2D eigenvalue weighted by Gasteiger charge is -2.35. The number of fused-ring (bicyclic) bond motifs is 3. The van der Waals surface area contributed by atoms with Crippen LogP contribution in [0.4, 0.5) is 0 Å². The maximum absolute atomic E-state index is 4.84. The van der Waals surface area contributed by atoms with Crippen molar-refractivity contribution in [1.29, 1.82) is 0 Å². The van der Waals surface area contributed by atoms with Gasteiger partial charge in [-0.2, -0.15) is 0 Å². The molecule has 0 fully saturated rings. The van der Waals surface area contributed by atoms with Gasteiger partial charge in [0.15, 0.2) is 0 Å². The first-order valence-electron chi connectivity index (χ1n) is 9.19. The quantitative estimate of drug-likeness (QED) is 0.618. The Morgan fingerprint density at radius 2 is 1.38 bits per heavy atom. The third-order valence-corrected chi connectivity index (χ3v) is 5.13. The molecule has 2 nitrogen and oxygen atoms in total. The van der Waals surface area contributed by atoms with E-state index in [2.05, 4.69) is 89.8 Å². The van der Waals surface area contributed by atoms with Crippen molar-refractivity contribution in [1.82, 2.24) is 4.90 Å². The van der Waals surface area contributed by atoms with Gasteiger partial charge in [-0.3, -0.25) is 4.99 Å². The van der Waals surface area contributed by atoms with E-state index in [1.807, 2.05) is 0 Å². The Labute approximate surface area is 154 Å². The van der Waals surface area contributed by atoms with Gasteiger partial charge in [-0.05, 0) is 34.8 Å². The minimum atomic E-state index is 0.917. The highest BCUT2D eigenvalue weighted by molar-refractivity contribution is 6.11. The highest BCUT2D eigenvalue weighted by Crippen LogP contribution is 2.33. The van der Waals surface area contributed by atoms with Crippen LogP contribution in [-0.4, -0.2) is 23.8 Å². The maximum atomic E-state index is 4.84. The Morgan fingerprint density at radius 1 is 0.692 bits per heavy atom. The molecule has 0 radical (unpaired) electrons. The van der Waals surface area contributed by atoms with Gasteiger partial charge in [0, 0.05) is 18.7 Å². The second-order valence-electron chi connectivity index (χ2n) is 6.77.